The summed E-state index contributed by atoms with van der Waals surface area (Å²) in [6.07, 6.45) is -0.875. The van der Waals surface area contributed by atoms with E-state index in [0.29, 0.717) is 17.5 Å². The molecule has 180 valence electrons. The van der Waals surface area contributed by atoms with Crippen LogP contribution in [0.2, 0.25) is 0 Å². The Balaban J connectivity index is 1.52. The average Bonchev–Trinajstić information content (AvgIpc) is 3.48. The van der Waals surface area contributed by atoms with Gasteiger partial charge < -0.3 is 19.7 Å². The Labute approximate surface area is 197 Å². The van der Waals surface area contributed by atoms with E-state index in [1.54, 1.807) is 49.4 Å². The highest BCUT2D eigenvalue weighted by Gasteiger charge is 2.45. The van der Waals surface area contributed by atoms with Crippen LogP contribution in [0.5, 0.6) is 0 Å². The van der Waals surface area contributed by atoms with E-state index in [1.807, 2.05) is 0 Å². The number of likely N-dealkylation sites (tertiary alicyclic amines) is 1. The lowest BCUT2D eigenvalue weighted by Gasteiger charge is -2.26. The lowest BCUT2D eigenvalue weighted by Crippen LogP contribution is -2.49. The summed E-state index contributed by atoms with van der Waals surface area (Å²) in [5.41, 5.74) is 1.11. The van der Waals surface area contributed by atoms with Crippen molar-refractivity contribution >= 4 is 32.8 Å². The Kier molecular flexibility index (Phi) is 6.72. The van der Waals surface area contributed by atoms with Crippen LogP contribution in [0.3, 0.4) is 0 Å². The number of carbonyl (C=O) groups is 2. The molecule has 1 unspecified atom stereocenters. The summed E-state index contributed by atoms with van der Waals surface area (Å²) in [5.74, 6) is -0.839. The van der Waals surface area contributed by atoms with Gasteiger partial charge in [0.2, 0.25) is 17.7 Å². The second-order valence-electron chi connectivity index (χ2n) is 8.39. The molecule has 1 aliphatic heterocycles. The molecule has 2 N–H and O–H groups in total. The number of carbonyl (C=O) groups excluding carboxylic acids is 2. The van der Waals surface area contributed by atoms with Gasteiger partial charge in [-0.15, -0.1) is 0 Å². The van der Waals surface area contributed by atoms with Crippen molar-refractivity contribution in [2.45, 2.75) is 55.0 Å². The highest BCUT2D eigenvalue weighted by atomic mass is 32.2. The Morgan fingerprint density at radius 1 is 1.18 bits per heavy atom. The lowest BCUT2D eigenvalue weighted by atomic mass is 10.1. The first-order valence-corrected chi connectivity index (χ1v) is 12.7. The van der Waals surface area contributed by atoms with E-state index in [2.05, 4.69) is 10.3 Å². The number of oxazole rings is 1. The van der Waals surface area contributed by atoms with E-state index in [0.717, 1.165) is 0 Å². The highest BCUT2D eigenvalue weighted by molar-refractivity contribution is 7.92. The number of fused-ring (bicyclic) bond motifs is 1. The zero-order valence-corrected chi connectivity index (χ0v) is 19.7. The summed E-state index contributed by atoms with van der Waals surface area (Å²) in [7, 11) is -3.73. The van der Waals surface area contributed by atoms with Gasteiger partial charge in [-0.25, -0.2) is 13.4 Å². The maximum atomic E-state index is 13.2. The largest absolute Gasteiger partial charge is 0.438 e. The van der Waals surface area contributed by atoms with E-state index < -0.39 is 45.1 Å². The van der Waals surface area contributed by atoms with Gasteiger partial charge in [0.25, 0.3) is 0 Å². The number of aromatic nitrogens is 1. The molecule has 10 heteroatoms. The number of nitrogens with zero attached hydrogens (tertiary/aromatic N) is 2. The van der Waals surface area contributed by atoms with E-state index in [-0.39, 0.29) is 23.8 Å². The lowest BCUT2D eigenvalue weighted by molar-refractivity contribution is -0.137. The molecule has 3 aromatic rings. The van der Waals surface area contributed by atoms with E-state index >= 15 is 0 Å². The van der Waals surface area contributed by atoms with Crippen molar-refractivity contribution in [2.75, 3.05) is 6.54 Å². The third-order valence-electron chi connectivity index (χ3n) is 6.19. The van der Waals surface area contributed by atoms with Gasteiger partial charge in [0.1, 0.15) is 11.6 Å². The van der Waals surface area contributed by atoms with Gasteiger partial charge in [0.05, 0.1) is 16.2 Å². The van der Waals surface area contributed by atoms with Gasteiger partial charge >= 0.3 is 0 Å². The van der Waals surface area contributed by atoms with Gasteiger partial charge in [0, 0.05) is 13.5 Å². The molecule has 0 spiro atoms. The monoisotopic (exact) mass is 485 g/mol. The molecule has 1 aromatic heterocycles. The minimum absolute atomic E-state index is 0.0297. The number of hydrogen-bond acceptors (Lipinski definition) is 7. The third kappa shape index (κ3) is 4.55. The second-order valence-corrected chi connectivity index (χ2v) is 10.6. The summed E-state index contributed by atoms with van der Waals surface area (Å²) in [5, 5.41) is 12.7. The number of para-hydroxylation sites is 2. The predicted octanol–water partition coefficient (Wildman–Crippen LogP) is 2.22. The maximum absolute atomic E-state index is 13.2. The number of nitrogens with one attached hydrogen (secondary N) is 1. The van der Waals surface area contributed by atoms with Crippen LogP contribution in [0.1, 0.15) is 38.7 Å². The summed E-state index contributed by atoms with van der Waals surface area (Å²) in [4.78, 5) is 31.2. The molecule has 9 nitrogen and oxygen atoms in total. The minimum Gasteiger partial charge on any atom is -0.438 e. The molecular weight excluding hydrogens is 458 g/mol. The molecule has 1 saturated heterocycles. The third-order valence-corrected chi connectivity index (χ3v) is 8.34. The zero-order valence-electron chi connectivity index (χ0n) is 18.9. The molecule has 4 atom stereocenters. The second kappa shape index (κ2) is 9.55. The smallest absolute Gasteiger partial charge is 0.243 e. The van der Waals surface area contributed by atoms with Crippen LogP contribution >= 0.6 is 0 Å². The van der Waals surface area contributed by atoms with Crippen molar-refractivity contribution in [3.05, 3.63) is 60.5 Å². The molecule has 2 aromatic carbocycles. The number of hydrogen-bond donors (Lipinski definition) is 2. The fraction of sp³-hybridized carbons (Fsp3) is 0.375. The van der Waals surface area contributed by atoms with Crippen molar-refractivity contribution in [3.8, 4) is 0 Å². The van der Waals surface area contributed by atoms with Gasteiger partial charge in [-0.2, -0.15) is 0 Å². The Morgan fingerprint density at radius 3 is 2.50 bits per heavy atom. The summed E-state index contributed by atoms with van der Waals surface area (Å²) in [6, 6.07) is 13.4. The molecule has 1 fully saturated rings. The van der Waals surface area contributed by atoms with E-state index in [9.17, 15) is 23.1 Å². The van der Waals surface area contributed by atoms with Crippen LogP contribution in [0.4, 0.5) is 0 Å². The normalized spacial score (nSPS) is 20.3. The molecule has 0 bridgehead atoms. The predicted molar refractivity (Wildman–Crippen MR) is 124 cm³/mol. The van der Waals surface area contributed by atoms with E-state index in [4.69, 9.17) is 4.42 Å². The quantitative estimate of drug-likeness (QED) is 0.525. The Morgan fingerprint density at radius 2 is 1.85 bits per heavy atom. The van der Waals surface area contributed by atoms with Crippen molar-refractivity contribution in [3.63, 3.8) is 0 Å². The van der Waals surface area contributed by atoms with Crippen molar-refractivity contribution < 1.29 is 27.5 Å². The molecular formula is C24H27N3O6S. The van der Waals surface area contributed by atoms with Crippen LogP contribution in [0, 0.1) is 0 Å². The number of aliphatic hydroxyl groups is 1. The van der Waals surface area contributed by atoms with Gasteiger partial charge in [-0.3, -0.25) is 9.59 Å². The van der Waals surface area contributed by atoms with Crippen LogP contribution in [0.25, 0.3) is 11.1 Å². The van der Waals surface area contributed by atoms with E-state index in [1.165, 1.54) is 24.0 Å². The molecule has 0 aliphatic carbocycles. The first-order valence-electron chi connectivity index (χ1n) is 11.1. The topological polar surface area (TPSA) is 130 Å². The first-order chi connectivity index (χ1) is 16.2. The molecule has 0 radical (unpaired) electrons. The van der Waals surface area contributed by atoms with Gasteiger partial charge in [-0.1, -0.05) is 37.3 Å². The summed E-state index contributed by atoms with van der Waals surface area (Å²) < 4.78 is 31.8. The molecule has 34 heavy (non-hydrogen) atoms. The number of aliphatic hydroxyl groups excluding tert-OH is 1. The number of amides is 2. The fourth-order valence-electron chi connectivity index (χ4n) is 4.29. The Bertz CT molecular complexity index is 1260. The Hall–Kier alpha value is -3.24. The number of benzene rings is 2. The highest BCUT2D eigenvalue weighted by Crippen LogP contribution is 2.29. The van der Waals surface area contributed by atoms with Gasteiger partial charge in [-0.05, 0) is 37.1 Å². The van der Waals surface area contributed by atoms with Crippen molar-refractivity contribution in [1.82, 2.24) is 15.2 Å². The van der Waals surface area contributed by atoms with Crippen molar-refractivity contribution in [2.24, 2.45) is 0 Å². The molecule has 0 saturated carbocycles. The summed E-state index contributed by atoms with van der Waals surface area (Å²) in [6.45, 7) is 3.02. The van der Waals surface area contributed by atoms with Crippen LogP contribution < -0.4 is 5.32 Å². The average molecular weight is 486 g/mol. The molecule has 2 amide bonds. The molecule has 4 rings (SSSR count). The first kappa shape index (κ1) is 23.9. The minimum atomic E-state index is -3.73. The zero-order chi connectivity index (χ0) is 24.5. The summed E-state index contributed by atoms with van der Waals surface area (Å²) >= 11 is 0. The van der Waals surface area contributed by atoms with Crippen LogP contribution in [-0.2, 0) is 19.4 Å². The fourth-order valence-corrected chi connectivity index (χ4v) is 6.01. The standard InChI is InChI=1S/C24H27N3O6S/c1-3-18(22(29)24-26-19-11-7-8-12-21(19)33-24)25-23(30)20-13-17(14-27(20)15(2)28)34(31,32)16-9-5-4-6-10-16/h4-12,17-18,20,22,29H,3,13-14H2,1-2H3,(H,25,30)/t17-,18+,20+,22?/m1/s1. The number of sulfone groups is 1. The van der Waals surface area contributed by atoms with Crippen LogP contribution in [0.15, 0.2) is 63.9 Å². The number of rotatable bonds is 7. The van der Waals surface area contributed by atoms with Gasteiger partial charge in [0.15, 0.2) is 21.5 Å². The van der Waals surface area contributed by atoms with Crippen molar-refractivity contribution in [1.29, 1.82) is 0 Å². The molecule has 2 heterocycles. The van der Waals surface area contributed by atoms with Crippen LogP contribution in [-0.4, -0.2) is 59.1 Å². The molecule has 1 aliphatic rings. The maximum Gasteiger partial charge on any atom is 0.243 e. The SMILES string of the molecule is CC[C@H](NC(=O)[C@@H]1C[C@@H](S(=O)(=O)c2ccccc2)CN1C(C)=O)C(O)c1nc2ccccc2o1.